The lowest BCUT2D eigenvalue weighted by molar-refractivity contribution is -0.126. The topological polar surface area (TPSA) is 67.2 Å². The van der Waals surface area contributed by atoms with Gasteiger partial charge in [-0.15, -0.1) is 0 Å². The fourth-order valence-corrected chi connectivity index (χ4v) is 3.90. The molecule has 3 aromatic carbocycles. The van der Waals surface area contributed by atoms with Crippen molar-refractivity contribution in [1.29, 1.82) is 0 Å². The molecule has 0 aliphatic carbocycles. The Morgan fingerprint density at radius 1 is 1.00 bits per heavy atom. The third kappa shape index (κ3) is 3.54. The van der Waals surface area contributed by atoms with Gasteiger partial charge in [-0.1, -0.05) is 42.5 Å². The number of halogens is 1. The molecule has 0 radical (unpaired) electrons. The van der Waals surface area contributed by atoms with Crippen LogP contribution in [0.1, 0.15) is 18.0 Å². The van der Waals surface area contributed by atoms with E-state index in [0.29, 0.717) is 23.7 Å². The number of carbonyl (C=O) groups excluding carboxylic acids is 2. The molecule has 1 atom stereocenters. The molecule has 6 nitrogen and oxygen atoms in total. The number of aromatic nitrogens is 2. The van der Waals surface area contributed by atoms with Crippen LogP contribution >= 0.6 is 0 Å². The van der Waals surface area contributed by atoms with E-state index in [4.69, 9.17) is 0 Å². The van der Waals surface area contributed by atoms with E-state index in [1.807, 2.05) is 59.2 Å². The van der Waals surface area contributed by atoms with Crippen LogP contribution in [0.2, 0.25) is 0 Å². The van der Waals surface area contributed by atoms with E-state index in [-0.39, 0.29) is 24.1 Å². The lowest BCUT2D eigenvalue weighted by Crippen LogP contribution is -2.42. The number of para-hydroxylation sites is 2. The van der Waals surface area contributed by atoms with Gasteiger partial charge in [-0.25, -0.2) is 9.37 Å². The molecule has 0 fully saturated rings. The van der Waals surface area contributed by atoms with Crippen LogP contribution in [0, 0.1) is 5.82 Å². The Morgan fingerprint density at radius 3 is 2.48 bits per heavy atom. The van der Waals surface area contributed by atoms with Crippen molar-refractivity contribution in [3.05, 3.63) is 90.2 Å². The first-order valence-electron chi connectivity index (χ1n) is 9.98. The van der Waals surface area contributed by atoms with Crippen LogP contribution in [0.25, 0.3) is 11.0 Å². The second-order valence-electron chi connectivity index (χ2n) is 7.45. The van der Waals surface area contributed by atoms with Gasteiger partial charge in [0.05, 0.1) is 24.0 Å². The van der Waals surface area contributed by atoms with Gasteiger partial charge in [0.1, 0.15) is 11.9 Å². The maximum atomic E-state index is 13.2. The Kier molecular flexibility index (Phi) is 4.71. The fraction of sp³-hybridized carbons (Fsp3) is 0.125. The van der Waals surface area contributed by atoms with Crippen molar-refractivity contribution in [2.45, 2.75) is 19.0 Å². The SMILES string of the molecule is O=C(Nc1ccc(F)cc1)C1CC(=O)N(Cc2ccccc2)c2nc3ccccc3n21. The molecule has 1 aliphatic heterocycles. The zero-order chi connectivity index (χ0) is 21.4. The van der Waals surface area contributed by atoms with Crippen molar-refractivity contribution >= 4 is 34.5 Å². The minimum absolute atomic E-state index is 0.00716. The summed E-state index contributed by atoms with van der Waals surface area (Å²) in [5, 5.41) is 2.79. The number of fused-ring (bicyclic) bond motifs is 3. The molecule has 7 heteroatoms. The highest BCUT2D eigenvalue weighted by Gasteiger charge is 2.37. The van der Waals surface area contributed by atoms with Crippen molar-refractivity contribution < 1.29 is 14.0 Å². The van der Waals surface area contributed by atoms with E-state index in [9.17, 15) is 14.0 Å². The van der Waals surface area contributed by atoms with Gasteiger partial charge in [-0.3, -0.25) is 19.1 Å². The van der Waals surface area contributed by atoms with Gasteiger partial charge < -0.3 is 5.32 Å². The first-order valence-corrected chi connectivity index (χ1v) is 9.98. The van der Waals surface area contributed by atoms with E-state index < -0.39 is 6.04 Å². The molecule has 31 heavy (non-hydrogen) atoms. The zero-order valence-corrected chi connectivity index (χ0v) is 16.5. The van der Waals surface area contributed by atoms with Gasteiger partial charge in [0.25, 0.3) is 0 Å². The average molecular weight is 414 g/mol. The molecular weight excluding hydrogens is 395 g/mol. The van der Waals surface area contributed by atoms with Crippen LogP contribution in [0.3, 0.4) is 0 Å². The Balaban J connectivity index is 1.54. The molecule has 1 N–H and O–H groups in total. The number of anilines is 2. The molecule has 154 valence electrons. The second kappa shape index (κ2) is 7.68. The summed E-state index contributed by atoms with van der Waals surface area (Å²) >= 11 is 0. The van der Waals surface area contributed by atoms with Crippen molar-refractivity contribution in [2.24, 2.45) is 0 Å². The highest BCUT2D eigenvalue weighted by molar-refractivity contribution is 6.04. The van der Waals surface area contributed by atoms with Crippen molar-refractivity contribution in [1.82, 2.24) is 9.55 Å². The Labute approximate surface area is 177 Å². The van der Waals surface area contributed by atoms with Gasteiger partial charge in [-0.05, 0) is 42.0 Å². The number of hydrogen-bond donors (Lipinski definition) is 1. The summed E-state index contributed by atoms with van der Waals surface area (Å²) in [4.78, 5) is 32.5. The number of hydrogen-bond acceptors (Lipinski definition) is 3. The van der Waals surface area contributed by atoms with Gasteiger partial charge in [0, 0.05) is 5.69 Å². The number of nitrogens with zero attached hydrogens (tertiary/aromatic N) is 3. The highest BCUT2D eigenvalue weighted by atomic mass is 19.1. The summed E-state index contributed by atoms with van der Waals surface area (Å²) in [6.45, 7) is 0.370. The third-order valence-electron chi connectivity index (χ3n) is 5.40. The maximum Gasteiger partial charge on any atom is 0.248 e. The van der Waals surface area contributed by atoms with Crippen molar-refractivity contribution in [3.8, 4) is 0 Å². The normalized spacial score (nSPS) is 15.7. The highest BCUT2D eigenvalue weighted by Crippen LogP contribution is 2.35. The number of nitrogens with one attached hydrogen (secondary N) is 1. The molecular formula is C24H19FN4O2. The predicted molar refractivity (Wildman–Crippen MR) is 116 cm³/mol. The largest absolute Gasteiger partial charge is 0.324 e. The van der Waals surface area contributed by atoms with E-state index in [1.54, 1.807) is 4.90 Å². The Bertz CT molecular complexity index is 1270. The summed E-state index contributed by atoms with van der Waals surface area (Å²) in [6.07, 6.45) is 0.00716. The van der Waals surface area contributed by atoms with E-state index in [0.717, 1.165) is 11.1 Å². The third-order valence-corrected chi connectivity index (χ3v) is 5.40. The quantitative estimate of drug-likeness (QED) is 0.542. The van der Waals surface area contributed by atoms with E-state index in [1.165, 1.54) is 24.3 Å². The lowest BCUT2D eigenvalue weighted by atomic mass is 10.1. The molecule has 2 heterocycles. The van der Waals surface area contributed by atoms with Gasteiger partial charge in [0.2, 0.25) is 17.8 Å². The second-order valence-corrected chi connectivity index (χ2v) is 7.45. The summed E-state index contributed by atoms with van der Waals surface area (Å²) in [5.41, 5.74) is 2.94. The number of benzene rings is 3. The van der Waals surface area contributed by atoms with Crippen LogP contribution in [-0.2, 0) is 16.1 Å². The van der Waals surface area contributed by atoms with E-state index >= 15 is 0 Å². The molecule has 0 spiro atoms. The minimum Gasteiger partial charge on any atom is -0.324 e. The summed E-state index contributed by atoms with van der Waals surface area (Å²) in [7, 11) is 0. The zero-order valence-electron chi connectivity index (χ0n) is 16.5. The molecule has 0 saturated carbocycles. The molecule has 1 aliphatic rings. The first-order chi connectivity index (χ1) is 15.1. The molecule has 4 aromatic rings. The molecule has 5 rings (SSSR count). The summed E-state index contributed by atoms with van der Waals surface area (Å²) in [6, 6.07) is 22.0. The van der Waals surface area contributed by atoms with Crippen molar-refractivity contribution in [3.63, 3.8) is 0 Å². The lowest BCUT2D eigenvalue weighted by Gasteiger charge is -2.32. The number of amides is 2. The van der Waals surface area contributed by atoms with Gasteiger partial charge in [-0.2, -0.15) is 0 Å². The Hall–Kier alpha value is -4.00. The molecule has 1 unspecified atom stereocenters. The van der Waals surface area contributed by atoms with Gasteiger partial charge >= 0.3 is 0 Å². The van der Waals surface area contributed by atoms with Crippen LogP contribution in [-0.4, -0.2) is 21.4 Å². The van der Waals surface area contributed by atoms with Crippen molar-refractivity contribution in [2.75, 3.05) is 10.2 Å². The minimum atomic E-state index is -0.757. The molecule has 1 aromatic heterocycles. The number of carbonyl (C=O) groups is 2. The predicted octanol–water partition coefficient (Wildman–Crippen LogP) is 4.29. The maximum absolute atomic E-state index is 13.2. The van der Waals surface area contributed by atoms with Crippen LogP contribution in [0.15, 0.2) is 78.9 Å². The van der Waals surface area contributed by atoms with Crippen LogP contribution in [0.5, 0.6) is 0 Å². The van der Waals surface area contributed by atoms with Crippen LogP contribution < -0.4 is 10.2 Å². The summed E-state index contributed by atoms with van der Waals surface area (Å²) in [5.74, 6) is -0.458. The summed E-state index contributed by atoms with van der Waals surface area (Å²) < 4.78 is 15.0. The van der Waals surface area contributed by atoms with Crippen LogP contribution in [0.4, 0.5) is 16.0 Å². The van der Waals surface area contributed by atoms with E-state index in [2.05, 4.69) is 10.3 Å². The number of rotatable bonds is 4. The average Bonchev–Trinajstić information content (AvgIpc) is 3.17. The first kappa shape index (κ1) is 19.0. The monoisotopic (exact) mass is 414 g/mol. The standard InChI is InChI=1S/C24H19FN4O2/c25-17-10-12-18(13-11-17)26-23(31)21-14-22(30)28(15-16-6-2-1-3-7-16)24-27-19-8-4-5-9-20(19)29(21)24/h1-13,21H,14-15H2,(H,26,31). The smallest absolute Gasteiger partial charge is 0.248 e. The molecule has 0 saturated heterocycles. The molecule has 0 bridgehead atoms. The fourth-order valence-electron chi connectivity index (χ4n) is 3.90. The Morgan fingerprint density at radius 2 is 1.71 bits per heavy atom. The van der Waals surface area contributed by atoms with Gasteiger partial charge in [0.15, 0.2) is 0 Å². The molecule has 2 amide bonds. The number of imidazole rings is 1.